The average molecular weight is 361 g/mol. The Morgan fingerprint density at radius 1 is 1.08 bits per heavy atom. The summed E-state index contributed by atoms with van der Waals surface area (Å²) >= 11 is 4.64. The molecular weight excluding hydrogens is 330 g/mol. The summed E-state index contributed by atoms with van der Waals surface area (Å²) in [7, 11) is 4.08. The first-order chi connectivity index (χ1) is 11.9. The number of benzene rings is 2. The van der Waals surface area contributed by atoms with Crippen LogP contribution >= 0.6 is 11.6 Å². The lowest BCUT2D eigenvalue weighted by Crippen LogP contribution is -2.73. The fourth-order valence-electron chi connectivity index (χ4n) is 2.69. The first kappa shape index (κ1) is 21.2. The van der Waals surface area contributed by atoms with Gasteiger partial charge in [0, 0.05) is 30.6 Å². The highest BCUT2D eigenvalue weighted by molar-refractivity contribution is 6.15. The second-order valence-electron chi connectivity index (χ2n) is 6.62. The largest absolute Gasteiger partial charge is 0.316 e. The topological polar surface area (TPSA) is 32.2 Å². The van der Waals surface area contributed by atoms with Crippen molar-refractivity contribution in [2.75, 3.05) is 25.5 Å². The Kier molecular flexibility index (Phi) is 8.67. The molecule has 4 heteroatoms. The highest BCUT2D eigenvalue weighted by atomic mass is 35.5. The molecule has 0 saturated heterocycles. The summed E-state index contributed by atoms with van der Waals surface area (Å²) in [4.78, 5) is 0. The van der Waals surface area contributed by atoms with Crippen molar-refractivity contribution in [2.24, 2.45) is 5.10 Å². The van der Waals surface area contributed by atoms with Gasteiger partial charge in [0.25, 0.3) is 0 Å². The van der Waals surface area contributed by atoms with Crippen molar-refractivity contribution in [1.82, 2.24) is 0 Å². The van der Waals surface area contributed by atoms with Crippen LogP contribution in [0.1, 0.15) is 31.4 Å². The minimum absolute atomic E-state index is 0.0563. The number of aryl methyl sites for hydroxylation is 1. The number of hydrogen-bond donors (Lipinski definition) is 1. The van der Waals surface area contributed by atoms with Crippen LogP contribution in [-0.2, 0) is 5.41 Å². The van der Waals surface area contributed by atoms with E-state index in [1.54, 1.807) is 0 Å². The maximum absolute atomic E-state index is 4.64. The Balaban J connectivity index is 0.00000151. The van der Waals surface area contributed by atoms with Crippen molar-refractivity contribution in [1.29, 1.82) is 0 Å². The van der Waals surface area contributed by atoms with E-state index in [0.29, 0.717) is 0 Å². The molecule has 2 rings (SSSR count). The number of hydrogen-bond acceptors (Lipinski definition) is 2. The molecule has 0 amide bonds. The molecule has 3 nitrogen and oxygen atoms in total. The number of halogens is 1. The highest BCUT2D eigenvalue weighted by Gasteiger charge is 2.24. The van der Waals surface area contributed by atoms with E-state index < -0.39 is 0 Å². The van der Waals surface area contributed by atoms with Crippen LogP contribution in [0.25, 0.3) is 0 Å². The Morgan fingerprint density at radius 3 is 2.28 bits per heavy atom. The molecule has 136 valence electrons. The molecule has 0 fully saturated rings. The molecule has 2 aromatic rings. The predicted octanol–water partition coefficient (Wildman–Crippen LogP) is 4.46. The van der Waals surface area contributed by atoms with Gasteiger partial charge >= 0.3 is 0 Å². The second-order valence-corrected chi connectivity index (χ2v) is 6.62. The van der Waals surface area contributed by atoms with E-state index in [-0.39, 0.29) is 5.41 Å². The summed E-state index contributed by atoms with van der Waals surface area (Å²) in [5, 5.41) is 8.69. The molecule has 0 saturated carbocycles. The van der Waals surface area contributed by atoms with E-state index in [0.717, 1.165) is 12.1 Å². The summed E-state index contributed by atoms with van der Waals surface area (Å²) < 4.78 is 0. The third-order valence-electron chi connectivity index (χ3n) is 4.27. The van der Waals surface area contributed by atoms with Crippen molar-refractivity contribution in [3.63, 3.8) is 0 Å². The predicted molar refractivity (Wildman–Crippen MR) is 111 cm³/mol. The van der Waals surface area contributed by atoms with Crippen molar-refractivity contribution < 1.29 is 5.32 Å². The lowest BCUT2D eigenvalue weighted by atomic mass is 9.81. The van der Waals surface area contributed by atoms with Crippen LogP contribution in [0.2, 0.25) is 0 Å². The molecule has 25 heavy (non-hydrogen) atoms. The van der Waals surface area contributed by atoms with Crippen LogP contribution in [0, 0.1) is 6.92 Å². The van der Waals surface area contributed by atoms with Gasteiger partial charge in [0.2, 0.25) is 0 Å². The zero-order valence-corrected chi connectivity index (χ0v) is 17.0. The van der Waals surface area contributed by atoms with Crippen LogP contribution < -0.4 is 10.3 Å². The van der Waals surface area contributed by atoms with Crippen LogP contribution in [0.3, 0.4) is 0 Å². The lowest BCUT2D eigenvalue weighted by molar-refractivity contribution is -0.540. The summed E-state index contributed by atoms with van der Waals surface area (Å²) in [5.74, 6) is 0. The molecule has 0 bridgehead atoms. The Labute approximate surface area is 157 Å². The number of nitrogens with zero attached hydrogens (tertiary/aromatic N) is 2. The van der Waals surface area contributed by atoms with Gasteiger partial charge in [0.1, 0.15) is 5.69 Å². The number of alkyl halides is 1. The van der Waals surface area contributed by atoms with E-state index in [1.807, 2.05) is 18.3 Å². The first-order valence-corrected chi connectivity index (χ1v) is 9.29. The van der Waals surface area contributed by atoms with Gasteiger partial charge in [-0.3, -0.25) is 5.01 Å². The molecule has 0 heterocycles. The van der Waals surface area contributed by atoms with Crippen LogP contribution in [0.4, 0.5) is 11.4 Å². The Hall–Kier alpha value is -1.84. The third-order valence-corrected chi connectivity index (χ3v) is 4.27. The molecular formula is C21H31ClN3+. The summed E-state index contributed by atoms with van der Waals surface area (Å²) in [6, 6.07) is 17.0. The molecule has 0 radical (unpaired) electrons. The highest BCUT2D eigenvalue weighted by Crippen LogP contribution is 2.30. The monoisotopic (exact) mass is 360 g/mol. The summed E-state index contributed by atoms with van der Waals surface area (Å²) in [5.41, 5.74) is 5.09. The van der Waals surface area contributed by atoms with E-state index in [1.165, 1.54) is 23.2 Å². The molecule has 0 aliphatic rings. The second kappa shape index (κ2) is 10.2. The lowest BCUT2D eigenvalue weighted by Gasteiger charge is -2.24. The number of anilines is 1. The molecule has 0 unspecified atom stereocenters. The zero-order valence-electron chi connectivity index (χ0n) is 16.3. The average Bonchev–Trinajstić information content (AvgIpc) is 2.63. The van der Waals surface area contributed by atoms with Gasteiger partial charge in [0.15, 0.2) is 0 Å². The normalized spacial score (nSPS) is 11.2. The van der Waals surface area contributed by atoms with Crippen molar-refractivity contribution in [3.8, 4) is 0 Å². The van der Waals surface area contributed by atoms with Gasteiger partial charge in [0.05, 0.1) is 12.7 Å². The molecule has 0 spiro atoms. The summed E-state index contributed by atoms with van der Waals surface area (Å²) in [6.45, 7) is 6.64. The maximum Gasteiger partial charge on any atom is 0.133 e. The Bertz CT molecular complexity index is 663. The molecule has 2 N–H and O–H groups in total. The van der Waals surface area contributed by atoms with Crippen LogP contribution in [0.5, 0.6) is 0 Å². The Morgan fingerprint density at radius 2 is 1.68 bits per heavy atom. The first-order valence-electron chi connectivity index (χ1n) is 8.53. The van der Waals surface area contributed by atoms with E-state index in [2.05, 4.69) is 98.4 Å². The van der Waals surface area contributed by atoms with Gasteiger partial charge in [-0.05, 0) is 31.5 Å². The van der Waals surface area contributed by atoms with Gasteiger partial charge in [-0.25, -0.2) is 0 Å². The fraction of sp³-hybridized carbons (Fsp3) is 0.381. The number of rotatable bonds is 6. The molecule has 0 atom stereocenters. The minimum Gasteiger partial charge on any atom is -0.316 e. The quantitative estimate of drug-likeness (QED) is 0.350. The van der Waals surface area contributed by atoms with Crippen molar-refractivity contribution >= 4 is 29.2 Å². The van der Waals surface area contributed by atoms with Gasteiger partial charge in [-0.15, -0.1) is 11.6 Å². The standard InChI is InChI=1S/C20H27N3.CH3Cl/c1-16-10-12-17(13-11-16)23(5)22-15-14-20(2,3)18-8-6-7-9-19(18)21-4;1-2/h6-13,15,21H,14H2,1-5H3;1H3/p+1/b22-15+;. The fourth-order valence-corrected chi connectivity index (χ4v) is 2.69. The summed E-state index contributed by atoms with van der Waals surface area (Å²) in [6.07, 6.45) is 4.39. The van der Waals surface area contributed by atoms with E-state index in [4.69, 9.17) is 0 Å². The molecule has 0 aliphatic carbocycles. The third kappa shape index (κ3) is 6.18. The van der Waals surface area contributed by atoms with Gasteiger partial charge in [-0.2, -0.15) is 5.10 Å². The van der Waals surface area contributed by atoms with Crippen LogP contribution in [-0.4, -0.2) is 26.7 Å². The van der Waals surface area contributed by atoms with Crippen LogP contribution in [0.15, 0.2) is 53.6 Å². The number of quaternary nitrogens is 1. The number of para-hydroxylation sites is 1. The van der Waals surface area contributed by atoms with Crippen molar-refractivity contribution in [3.05, 3.63) is 59.7 Å². The number of nitrogens with two attached hydrogens (primary N) is 1. The minimum atomic E-state index is 0.0563. The SMILES string of the molecule is CCl.C[NH2+]c1ccccc1C(C)(C)C/C=N/N(C)c1ccc(C)cc1. The maximum atomic E-state index is 4.64. The molecule has 2 aromatic carbocycles. The van der Waals surface area contributed by atoms with E-state index >= 15 is 0 Å². The molecule has 0 aromatic heterocycles. The molecule has 0 aliphatic heterocycles. The van der Waals surface area contributed by atoms with Crippen molar-refractivity contribution in [2.45, 2.75) is 32.6 Å². The van der Waals surface area contributed by atoms with E-state index in [9.17, 15) is 0 Å². The smallest absolute Gasteiger partial charge is 0.133 e. The number of hydrazone groups is 1. The zero-order chi connectivity index (χ0) is 18.9. The van der Waals surface area contributed by atoms with Gasteiger partial charge in [-0.1, -0.05) is 49.7 Å². The van der Waals surface area contributed by atoms with Gasteiger partial charge < -0.3 is 5.32 Å².